The highest BCUT2D eigenvalue weighted by atomic mass is 19.1. The minimum Gasteiger partial charge on any atom is -0.497 e. The van der Waals surface area contributed by atoms with Crippen molar-refractivity contribution in [3.05, 3.63) is 47.7 Å². The molecule has 3 nitrogen and oxygen atoms in total. The van der Waals surface area contributed by atoms with Crippen LogP contribution in [0.4, 0.5) is 8.78 Å². The summed E-state index contributed by atoms with van der Waals surface area (Å²) in [7, 11) is 1.41. The van der Waals surface area contributed by atoms with E-state index in [4.69, 9.17) is 4.74 Å². The molecular formula is C13H9F2NO2. The van der Waals surface area contributed by atoms with Gasteiger partial charge in [-0.15, -0.1) is 0 Å². The summed E-state index contributed by atoms with van der Waals surface area (Å²) in [5.41, 5.74) is 0.592. The van der Waals surface area contributed by atoms with Gasteiger partial charge in [-0.1, -0.05) is 0 Å². The molecule has 92 valence electrons. The maximum absolute atomic E-state index is 13.3. The van der Waals surface area contributed by atoms with Gasteiger partial charge in [0.2, 0.25) is 0 Å². The van der Waals surface area contributed by atoms with Crippen LogP contribution in [0, 0.1) is 11.6 Å². The fourth-order valence-corrected chi connectivity index (χ4v) is 1.53. The number of aldehydes is 1. The molecule has 0 aliphatic heterocycles. The maximum Gasteiger partial charge on any atom is 0.153 e. The van der Waals surface area contributed by atoms with E-state index in [1.807, 2.05) is 0 Å². The molecule has 0 bridgehead atoms. The zero-order valence-corrected chi connectivity index (χ0v) is 9.48. The number of carbonyl (C=O) groups is 1. The molecular weight excluding hydrogens is 240 g/mol. The molecule has 0 saturated carbocycles. The van der Waals surface area contributed by atoms with E-state index in [1.54, 1.807) is 6.07 Å². The van der Waals surface area contributed by atoms with E-state index in [-0.39, 0.29) is 5.56 Å². The molecule has 0 fully saturated rings. The summed E-state index contributed by atoms with van der Waals surface area (Å²) in [5.74, 6) is -0.885. The average molecular weight is 249 g/mol. The van der Waals surface area contributed by atoms with Crippen molar-refractivity contribution in [3.63, 3.8) is 0 Å². The Morgan fingerprint density at radius 3 is 2.67 bits per heavy atom. The third-order valence-electron chi connectivity index (χ3n) is 2.41. The number of hydrogen-bond acceptors (Lipinski definition) is 3. The SMILES string of the molecule is COc1cc(F)cc(-c2cc(C=O)c(F)cn2)c1. The van der Waals surface area contributed by atoms with Gasteiger partial charge in [0.15, 0.2) is 12.1 Å². The van der Waals surface area contributed by atoms with Crippen molar-refractivity contribution in [2.75, 3.05) is 7.11 Å². The normalized spacial score (nSPS) is 10.2. The van der Waals surface area contributed by atoms with Crippen molar-refractivity contribution in [1.29, 1.82) is 0 Å². The average Bonchev–Trinajstić information content (AvgIpc) is 2.38. The topological polar surface area (TPSA) is 39.2 Å². The summed E-state index contributed by atoms with van der Waals surface area (Å²) < 4.78 is 31.4. The van der Waals surface area contributed by atoms with E-state index in [2.05, 4.69) is 4.98 Å². The number of rotatable bonds is 3. The lowest BCUT2D eigenvalue weighted by molar-refractivity contribution is 0.111. The Morgan fingerprint density at radius 1 is 1.22 bits per heavy atom. The number of halogens is 2. The third kappa shape index (κ3) is 2.34. The molecule has 0 unspecified atom stereocenters. The van der Waals surface area contributed by atoms with Gasteiger partial charge in [0.05, 0.1) is 24.6 Å². The Kier molecular flexibility index (Phi) is 3.32. The summed E-state index contributed by atoms with van der Waals surface area (Å²) in [5, 5.41) is 0. The van der Waals surface area contributed by atoms with Crippen LogP contribution in [-0.2, 0) is 0 Å². The molecule has 1 aromatic carbocycles. The first-order chi connectivity index (χ1) is 8.63. The van der Waals surface area contributed by atoms with Gasteiger partial charge < -0.3 is 4.74 Å². The monoisotopic (exact) mass is 249 g/mol. The van der Waals surface area contributed by atoms with Crippen LogP contribution in [0.15, 0.2) is 30.5 Å². The number of aromatic nitrogens is 1. The van der Waals surface area contributed by atoms with E-state index in [0.29, 0.717) is 23.3 Å². The predicted octanol–water partition coefficient (Wildman–Crippen LogP) is 2.85. The summed E-state index contributed by atoms with van der Waals surface area (Å²) in [6.45, 7) is 0. The van der Waals surface area contributed by atoms with Crippen LogP contribution in [0.1, 0.15) is 10.4 Å². The summed E-state index contributed by atoms with van der Waals surface area (Å²) in [6.07, 6.45) is 1.31. The van der Waals surface area contributed by atoms with Gasteiger partial charge in [-0.2, -0.15) is 0 Å². The van der Waals surface area contributed by atoms with Crippen molar-refractivity contribution in [2.24, 2.45) is 0 Å². The van der Waals surface area contributed by atoms with Gasteiger partial charge >= 0.3 is 0 Å². The molecule has 0 N–H and O–H groups in total. The molecule has 1 aromatic heterocycles. The van der Waals surface area contributed by atoms with Gasteiger partial charge in [-0.3, -0.25) is 9.78 Å². The number of nitrogens with zero attached hydrogens (tertiary/aromatic N) is 1. The Balaban J connectivity index is 2.54. The lowest BCUT2D eigenvalue weighted by Crippen LogP contribution is -1.93. The second-order valence-corrected chi connectivity index (χ2v) is 3.59. The van der Waals surface area contributed by atoms with E-state index in [1.165, 1.54) is 25.3 Å². The standard InChI is InChI=1S/C13H9F2NO2/c1-18-11-3-8(2-10(14)5-11)13-4-9(7-17)12(15)6-16-13/h2-7H,1H3. The number of ether oxygens (including phenoxy) is 1. The first-order valence-corrected chi connectivity index (χ1v) is 5.09. The maximum atomic E-state index is 13.3. The smallest absolute Gasteiger partial charge is 0.153 e. The minimum absolute atomic E-state index is 0.122. The van der Waals surface area contributed by atoms with Crippen LogP contribution in [0.25, 0.3) is 11.3 Å². The zero-order chi connectivity index (χ0) is 13.1. The van der Waals surface area contributed by atoms with E-state index >= 15 is 0 Å². The van der Waals surface area contributed by atoms with Gasteiger partial charge in [-0.05, 0) is 18.2 Å². The van der Waals surface area contributed by atoms with Crippen molar-refractivity contribution in [1.82, 2.24) is 4.98 Å². The van der Waals surface area contributed by atoms with Gasteiger partial charge in [-0.25, -0.2) is 8.78 Å². The van der Waals surface area contributed by atoms with Crippen LogP contribution in [0.2, 0.25) is 0 Å². The fourth-order valence-electron chi connectivity index (χ4n) is 1.53. The largest absolute Gasteiger partial charge is 0.497 e. The Morgan fingerprint density at radius 2 is 2.00 bits per heavy atom. The minimum atomic E-state index is -0.711. The summed E-state index contributed by atoms with van der Waals surface area (Å²) in [6, 6.07) is 5.26. The summed E-state index contributed by atoms with van der Waals surface area (Å²) in [4.78, 5) is 14.5. The van der Waals surface area contributed by atoms with Crippen molar-refractivity contribution in [2.45, 2.75) is 0 Å². The Hall–Kier alpha value is -2.30. The molecule has 0 radical (unpaired) electrons. The molecule has 0 spiro atoms. The third-order valence-corrected chi connectivity index (χ3v) is 2.41. The highest BCUT2D eigenvalue weighted by Crippen LogP contribution is 2.24. The number of methoxy groups -OCH3 is 1. The Bertz CT molecular complexity index is 600. The van der Waals surface area contributed by atoms with Crippen LogP contribution in [0.3, 0.4) is 0 Å². The van der Waals surface area contributed by atoms with E-state index < -0.39 is 11.6 Å². The molecule has 0 atom stereocenters. The molecule has 0 amide bonds. The van der Waals surface area contributed by atoms with E-state index in [0.717, 1.165) is 6.20 Å². The number of benzene rings is 1. The van der Waals surface area contributed by atoms with Crippen LogP contribution >= 0.6 is 0 Å². The lowest BCUT2D eigenvalue weighted by atomic mass is 10.1. The highest BCUT2D eigenvalue weighted by Gasteiger charge is 2.08. The van der Waals surface area contributed by atoms with Crippen LogP contribution < -0.4 is 4.74 Å². The number of carbonyl (C=O) groups excluding carboxylic acids is 1. The molecule has 2 aromatic rings. The number of pyridine rings is 1. The van der Waals surface area contributed by atoms with Crippen molar-refractivity contribution in [3.8, 4) is 17.0 Å². The van der Waals surface area contributed by atoms with Gasteiger partial charge in [0.25, 0.3) is 0 Å². The molecule has 0 aliphatic rings. The quantitative estimate of drug-likeness (QED) is 0.785. The van der Waals surface area contributed by atoms with Crippen molar-refractivity contribution >= 4 is 6.29 Å². The number of hydrogen-bond donors (Lipinski definition) is 0. The Labute approximate surface area is 102 Å². The molecule has 1 heterocycles. The second kappa shape index (κ2) is 4.91. The van der Waals surface area contributed by atoms with Gasteiger partial charge in [0.1, 0.15) is 11.6 Å². The van der Waals surface area contributed by atoms with Crippen LogP contribution in [-0.4, -0.2) is 18.4 Å². The molecule has 0 aliphatic carbocycles. The predicted molar refractivity (Wildman–Crippen MR) is 61.5 cm³/mol. The molecule has 18 heavy (non-hydrogen) atoms. The molecule has 2 rings (SSSR count). The first-order valence-electron chi connectivity index (χ1n) is 5.09. The van der Waals surface area contributed by atoms with E-state index in [9.17, 15) is 13.6 Å². The fraction of sp³-hybridized carbons (Fsp3) is 0.0769. The zero-order valence-electron chi connectivity index (χ0n) is 9.48. The highest BCUT2D eigenvalue weighted by molar-refractivity contribution is 5.78. The lowest BCUT2D eigenvalue weighted by Gasteiger charge is -2.05. The van der Waals surface area contributed by atoms with Crippen LogP contribution in [0.5, 0.6) is 5.75 Å². The van der Waals surface area contributed by atoms with Gasteiger partial charge in [0, 0.05) is 11.6 Å². The second-order valence-electron chi connectivity index (χ2n) is 3.59. The summed E-state index contributed by atoms with van der Waals surface area (Å²) >= 11 is 0. The molecule has 0 saturated heterocycles. The van der Waals surface area contributed by atoms with Crippen molar-refractivity contribution < 1.29 is 18.3 Å². The molecule has 5 heteroatoms. The first kappa shape index (κ1) is 12.2.